The molecule has 5 nitrogen and oxygen atoms in total. The van der Waals surface area contributed by atoms with Crippen molar-refractivity contribution in [3.05, 3.63) is 29.8 Å². The fraction of sp³-hybridized carbons (Fsp3) is 0.429. The summed E-state index contributed by atoms with van der Waals surface area (Å²) in [5.74, 6) is 0.0630. The maximum atomic E-state index is 11.7. The van der Waals surface area contributed by atoms with E-state index in [-0.39, 0.29) is 5.78 Å². The molecule has 1 fully saturated rings. The lowest BCUT2D eigenvalue weighted by atomic mass is 10.1. The van der Waals surface area contributed by atoms with Crippen LogP contribution in [0, 0.1) is 0 Å². The van der Waals surface area contributed by atoms with Gasteiger partial charge in [0, 0.05) is 10.5 Å². The van der Waals surface area contributed by atoms with Gasteiger partial charge < -0.3 is 0 Å². The Kier molecular flexibility index (Phi) is 3.82. The van der Waals surface area contributed by atoms with Crippen molar-refractivity contribution in [2.24, 2.45) is 0 Å². The summed E-state index contributed by atoms with van der Waals surface area (Å²) in [4.78, 5) is 12.6. The molecule has 0 N–H and O–H groups in total. The Hall–Kier alpha value is -1.69. The largest absolute Gasteiger partial charge is 0.294 e. The molecule has 1 aliphatic carbocycles. The summed E-state index contributed by atoms with van der Waals surface area (Å²) in [6, 6.07) is 7.99. The van der Waals surface area contributed by atoms with Crippen molar-refractivity contribution in [2.75, 3.05) is 0 Å². The maximum absolute atomic E-state index is 11.7. The monoisotopic (exact) mass is 288 g/mol. The van der Waals surface area contributed by atoms with E-state index >= 15 is 0 Å². The molecule has 1 heterocycles. The quantitative estimate of drug-likeness (QED) is 0.809. The summed E-state index contributed by atoms with van der Waals surface area (Å²) in [6.45, 7) is 1.58. The number of Topliss-reactive ketones (excluding diaryl/α,β-unsaturated/α-hetero) is 1. The van der Waals surface area contributed by atoms with Crippen molar-refractivity contribution in [3.8, 4) is 0 Å². The Balaban J connectivity index is 1.88. The Morgan fingerprint density at radius 2 is 2.05 bits per heavy atom. The number of nitrogens with zero attached hydrogens (tertiary/aromatic N) is 4. The number of rotatable bonds is 4. The number of carbonyl (C=O) groups excluding carboxylic acids is 1. The zero-order valence-electron chi connectivity index (χ0n) is 11.3. The number of ketones is 1. The average Bonchev–Trinajstić information content (AvgIpc) is 3.09. The van der Waals surface area contributed by atoms with Crippen molar-refractivity contribution in [1.82, 2.24) is 20.2 Å². The molecule has 0 atom stereocenters. The molecule has 0 bridgehead atoms. The number of benzene rings is 1. The Labute approximate surface area is 121 Å². The zero-order valence-corrected chi connectivity index (χ0v) is 12.1. The summed E-state index contributed by atoms with van der Waals surface area (Å²) in [6.07, 6.45) is 4.73. The molecule has 1 aromatic heterocycles. The minimum atomic E-state index is 0.0630. The SMILES string of the molecule is CC(=O)c1ccccc1Sc1nnnn1C1CCCC1. The first kappa shape index (κ1) is 13.3. The zero-order chi connectivity index (χ0) is 13.9. The summed E-state index contributed by atoms with van der Waals surface area (Å²) in [5.41, 5.74) is 0.721. The highest BCUT2D eigenvalue weighted by atomic mass is 32.2. The fourth-order valence-corrected chi connectivity index (χ4v) is 3.60. The summed E-state index contributed by atoms with van der Waals surface area (Å²) in [5, 5.41) is 12.8. The van der Waals surface area contributed by atoms with Crippen molar-refractivity contribution < 1.29 is 4.79 Å². The minimum absolute atomic E-state index is 0.0630. The Morgan fingerprint density at radius 3 is 2.80 bits per heavy atom. The average molecular weight is 288 g/mol. The highest BCUT2D eigenvalue weighted by Gasteiger charge is 2.22. The topological polar surface area (TPSA) is 60.7 Å². The van der Waals surface area contributed by atoms with E-state index < -0.39 is 0 Å². The first-order valence-electron chi connectivity index (χ1n) is 6.81. The minimum Gasteiger partial charge on any atom is -0.294 e. The van der Waals surface area contributed by atoms with Crippen LogP contribution in [0.4, 0.5) is 0 Å². The summed E-state index contributed by atoms with van der Waals surface area (Å²) < 4.78 is 1.91. The molecule has 1 aromatic carbocycles. The van der Waals surface area contributed by atoms with Crippen molar-refractivity contribution in [2.45, 2.75) is 48.7 Å². The van der Waals surface area contributed by atoms with E-state index in [1.54, 1.807) is 6.92 Å². The van der Waals surface area contributed by atoms with E-state index in [1.807, 2.05) is 28.9 Å². The van der Waals surface area contributed by atoms with Gasteiger partial charge in [0.25, 0.3) is 0 Å². The molecule has 2 aromatic rings. The van der Waals surface area contributed by atoms with Crippen LogP contribution in [0.1, 0.15) is 49.0 Å². The van der Waals surface area contributed by atoms with Gasteiger partial charge in [-0.05, 0) is 48.0 Å². The van der Waals surface area contributed by atoms with Crippen LogP contribution in [0.25, 0.3) is 0 Å². The van der Waals surface area contributed by atoms with E-state index in [0.29, 0.717) is 6.04 Å². The smallest absolute Gasteiger partial charge is 0.214 e. The molecule has 0 saturated heterocycles. The molecule has 0 amide bonds. The molecule has 3 rings (SSSR count). The first-order chi connectivity index (χ1) is 9.75. The van der Waals surface area contributed by atoms with Gasteiger partial charge in [-0.15, -0.1) is 5.10 Å². The molecule has 20 heavy (non-hydrogen) atoms. The van der Waals surface area contributed by atoms with Gasteiger partial charge >= 0.3 is 0 Å². The van der Waals surface area contributed by atoms with Crippen molar-refractivity contribution in [1.29, 1.82) is 0 Å². The van der Waals surface area contributed by atoms with Gasteiger partial charge in [0.15, 0.2) is 5.78 Å². The second kappa shape index (κ2) is 5.75. The predicted molar refractivity (Wildman–Crippen MR) is 75.9 cm³/mol. The fourth-order valence-electron chi connectivity index (χ4n) is 2.58. The number of aromatic nitrogens is 4. The van der Waals surface area contributed by atoms with Gasteiger partial charge in [-0.25, -0.2) is 4.68 Å². The van der Waals surface area contributed by atoms with Crippen LogP contribution in [-0.2, 0) is 0 Å². The van der Waals surface area contributed by atoms with Crippen LogP contribution in [0.15, 0.2) is 34.3 Å². The lowest BCUT2D eigenvalue weighted by Gasteiger charge is -2.11. The highest BCUT2D eigenvalue weighted by Crippen LogP contribution is 2.34. The van der Waals surface area contributed by atoms with Gasteiger partial charge in [0.05, 0.1) is 6.04 Å². The van der Waals surface area contributed by atoms with Gasteiger partial charge in [0.2, 0.25) is 5.16 Å². The predicted octanol–water partition coefficient (Wildman–Crippen LogP) is 3.14. The molecule has 104 valence electrons. The number of carbonyl (C=O) groups is 1. The molecule has 0 radical (unpaired) electrons. The number of tetrazole rings is 1. The first-order valence-corrected chi connectivity index (χ1v) is 7.63. The second-order valence-corrected chi connectivity index (χ2v) is 6.01. The number of hydrogen-bond donors (Lipinski definition) is 0. The van der Waals surface area contributed by atoms with E-state index in [9.17, 15) is 4.79 Å². The highest BCUT2D eigenvalue weighted by molar-refractivity contribution is 7.99. The van der Waals surface area contributed by atoms with Gasteiger partial charge in [-0.1, -0.05) is 31.0 Å². The van der Waals surface area contributed by atoms with Gasteiger partial charge in [-0.3, -0.25) is 4.79 Å². The Morgan fingerprint density at radius 1 is 1.30 bits per heavy atom. The lowest BCUT2D eigenvalue weighted by molar-refractivity contribution is 0.101. The van der Waals surface area contributed by atoms with Crippen molar-refractivity contribution in [3.63, 3.8) is 0 Å². The number of hydrogen-bond acceptors (Lipinski definition) is 5. The van der Waals surface area contributed by atoms with Crippen LogP contribution < -0.4 is 0 Å². The van der Waals surface area contributed by atoms with Gasteiger partial charge in [0.1, 0.15) is 0 Å². The van der Waals surface area contributed by atoms with E-state index in [1.165, 1.54) is 24.6 Å². The third-order valence-corrected chi connectivity index (χ3v) is 4.63. The molecule has 0 spiro atoms. The molecule has 0 unspecified atom stereocenters. The van der Waals surface area contributed by atoms with E-state index in [0.717, 1.165) is 28.5 Å². The Bertz CT molecular complexity index is 619. The van der Waals surface area contributed by atoms with Crippen LogP contribution in [-0.4, -0.2) is 26.0 Å². The second-order valence-electron chi connectivity index (χ2n) is 5.00. The van der Waals surface area contributed by atoms with Crippen LogP contribution in [0.3, 0.4) is 0 Å². The third-order valence-electron chi connectivity index (χ3n) is 3.60. The van der Waals surface area contributed by atoms with Crippen molar-refractivity contribution >= 4 is 17.5 Å². The summed E-state index contributed by atoms with van der Waals surface area (Å²) in [7, 11) is 0. The standard InChI is InChI=1S/C14H16N4OS/c1-10(19)12-8-4-5-9-13(12)20-14-15-16-17-18(14)11-6-2-3-7-11/h4-5,8-9,11H,2-3,6-7H2,1H3. The molecule has 1 saturated carbocycles. The lowest BCUT2D eigenvalue weighted by Crippen LogP contribution is -2.08. The van der Waals surface area contributed by atoms with E-state index in [2.05, 4.69) is 15.5 Å². The molecular weight excluding hydrogens is 272 g/mol. The molecular formula is C14H16N4OS. The molecule has 6 heteroatoms. The third kappa shape index (κ3) is 2.60. The summed E-state index contributed by atoms with van der Waals surface area (Å²) >= 11 is 1.47. The van der Waals surface area contributed by atoms with Crippen LogP contribution in [0.5, 0.6) is 0 Å². The molecule has 0 aliphatic heterocycles. The normalized spacial score (nSPS) is 15.7. The van der Waals surface area contributed by atoms with E-state index in [4.69, 9.17) is 0 Å². The molecule has 1 aliphatic rings. The van der Waals surface area contributed by atoms with Gasteiger partial charge in [-0.2, -0.15) is 0 Å². The maximum Gasteiger partial charge on any atom is 0.214 e. The van der Waals surface area contributed by atoms with Crippen LogP contribution in [0.2, 0.25) is 0 Å². The van der Waals surface area contributed by atoms with Crippen LogP contribution >= 0.6 is 11.8 Å².